The van der Waals surface area contributed by atoms with E-state index >= 15 is 0 Å². The number of rotatable bonds is 2. The Labute approximate surface area is 55.6 Å². The molecule has 1 rings (SSSR count). The Hall–Kier alpha value is -0.600. The summed E-state index contributed by atoms with van der Waals surface area (Å²) in [6.45, 7) is 0.715. The van der Waals surface area contributed by atoms with E-state index in [2.05, 4.69) is 19.4 Å². The molecule has 0 saturated heterocycles. The number of nitrogens with zero attached hydrogens (tertiary/aromatic N) is 1. The summed E-state index contributed by atoms with van der Waals surface area (Å²) in [5.41, 5.74) is 0. The smallest absolute Gasteiger partial charge is 0.191 e. The molecule has 0 radical (unpaired) electrons. The van der Waals surface area contributed by atoms with Crippen LogP contribution in [0, 0.1) is 0 Å². The van der Waals surface area contributed by atoms with Gasteiger partial charge in [-0.15, -0.1) is 0 Å². The Morgan fingerprint density at radius 2 is 1.89 bits per heavy atom. The molecule has 0 atom stereocenters. The van der Waals surface area contributed by atoms with E-state index in [9.17, 15) is 0 Å². The molecule has 0 spiro atoms. The first-order chi connectivity index (χ1) is 4.27. The third-order valence-corrected chi connectivity index (χ3v) is 1.37. The molecule has 0 bridgehead atoms. The Bertz CT molecular complexity index is 137. The zero-order chi connectivity index (χ0) is 6.74. The van der Waals surface area contributed by atoms with Crippen molar-refractivity contribution in [3.63, 3.8) is 0 Å². The van der Waals surface area contributed by atoms with E-state index in [1.165, 1.54) is 0 Å². The van der Waals surface area contributed by atoms with Gasteiger partial charge < -0.3 is 4.74 Å². The Morgan fingerprint density at radius 1 is 1.33 bits per heavy atom. The summed E-state index contributed by atoms with van der Waals surface area (Å²) < 4.78 is 5.76. The van der Waals surface area contributed by atoms with Crippen molar-refractivity contribution in [2.75, 3.05) is 20.9 Å². The molecule has 0 fully saturated rings. The van der Waals surface area contributed by atoms with Gasteiger partial charge >= 0.3 is 0 Å². The summed E-state index contributed by atoms with van der Waals surface area (Å²) >= 11 is 0. The minimum absolute atomic E-state index is 0.715. The van der Waals surface area contributed by atoms with Crippen LogP contribution < -0.4 is 0 Å². The first-order valence-electron chi connectivity index (χ1n) is 2.98. The molecular formula is C7H12NO+. The molecule has 0 unspecified atom stereocenters. The van der Waals surface area contributed by atoms with Crippen LogP contribution >= 0.6 is 0 Å². The fourth-order valence-corrected chi connectivity index (χ4v) is 0.907. The van der Waals surface area contributed by atoms with E-state index in [0.29, 0.717) is 6.73 Å². The molecule has 1 aliphatic rings. The first-order valence-corrected chi connectivity index (χ1v) is 2.98. The average Bonchev–Trinajstić information content (AvgIpc) is 2.16. The van der Waals surface area contributed by atoms with Crippen LogP contribution in [-0.4, -0.2) is 25.4 Å². The summed E-state index contributed by atoms with van der Waals surface area (Å²) in [5.74, 6) is 0. The molecular weight excluding hydrogens is 114 g/mol. The van der Waals surface area contributed by atoms with Crippen LogP contribution in [0.4, 0.5) is 0 Å². The number of allylic oxidation sites excluding steroid dienone is 2. The molecule has 1 aliphatic heterocycles. The molecule has 2 nitrogen and oxygen atoms in total. The van der Waals surface area contributed by atoms with Gasteiger partial charge in [0.05, 0.1) is 7.05 Å². The normalized spacial score (nSPS) is 21.1. The second-order valence-electron chi connectivity index (χ2n) is 2.45. The van der Waals surface area contributed by atoms with Gasteiger partial charge in [-0.05, 0) is 12.2 Å². The van der Waals surface area contributed by atoms with Crippen LogP contribution in [0.25, 0.3) is 0 Å². The van der Waals surface area contributed by atoms with Gasteiger partial charge in [-0.1, -0.05) is 0 Å². The van der Waals surface area contributed by atoms with Crippen molar-refractivity contribution in [2.45, 2.75) is 0 Å². The van der Waals surface area contributed by atoms with Gasteiger partial charge in [0.1, 0.15) is 12.4 Å². The second kappa shape index (κ2) is 2.33. The molecule has 2 heteroatoms. The lowest BCUT2D eigenvalue weighted by atomic mass is 10.6. The van der Waals surface area contributed by atoms with Gasteiger partial charge in [-0.25, -0.2) is 0 Å². The van der Waals surface area contributed by atoms with Crippen LogP contribution in [0.5, 0.6) is 0 Å². The first kappa shape index (κ1) is 6.52. The summed E-state index contributed by atoms with van der Waals surface area (Å²) in [5, 5.41) is 0. The van der Waals surface area contributed by atoms with E-state index in [4.69, 9.17) is 4.74 Å². The van der Waals surface area contributed by atoms with Crippen molar-refractivity contribution in [1.29, 1.82) is 0 Å². The third-order valence-electron chi connectivity index (χ3n) is 1.37. The highest BCUT2D eigenvalue weighted by atomic mass is 16.5. The summed E-state index contributed by atoms with van der Waals surface area (Å²) in [6.07, 6.45) is 8.23. The lowest BCUT2D eigenvalue weighted by Crippen LogP contribution is -2.32. The zero-order valence-electron chi connectivity index (χ0n) is 5.87. The Balaban J connectivity index is 2.53. The zero-order valence-corrected chi connectivity index (χ0v) is 5.87. The fourth-order valence-electron chi connectivity index (χ4n) is 0.907. The van der Waals surface area contributed by atoms with E-state index in [1.54, 1.807) is 7.11 Å². The lowest BCUT2D eigenvalue weighted by Gasteiger charge is -2.21. The van der Waals surface area contributed by atoms with Crippen molar-refractivity contribution >= 4 is 0 Å². The number of quaternary nitrogens is 1. The van der Waals surface area contributed by atoms with Crippen LogP contribution in [0.2, 0.25) is 0 Å². The van der Waals surface area contributed by atoms with Crippen molar-refractivity contribution in [3.05, 3.63) is 24.6 Å². The maximum Gasteiger partial charge on any atom is 0.191 e. The molecule has 0 N–H and O–H groups in total. The minimum Gasteiger partial charge on any atom is -0.334 e. The molecule has 0 saturated carbocycles. The van der Waals surface area contributed by atoms with Gasteiger partial charge in [0.2, 0.25) is 0 Å². The van der Waals surface area contributed by atoms with Crippen molar-refractivity contribution < 1.29 is 9.22 Å². The van der Waals surface area contributed by atoms with Gasteiger partial charge in [-0.3, -0.25) is 4.48 Å². The highest BCUT2D eigenvalue weighted by Gasteiger charge is 2.16. The Kier molecular flexibility index (Phi) is 1.69. The van der Waals surface area contributed by atoms with E-state index in [-0.39, 0.29) is 0 Å². The molecule has 0 aromatic carbocycles. The molecule has 0 amide bonds. The average molecular weight is 126 g/mol. The van der Waals surface area contributed by atoms with Crippen molar-refractivity contribution in [3.8, 4) is 0 Å². The number of hydrogen-bond acceptors (Lipinski definition) is 1. The maximum atomic E-state index is 5.00. The predicted octanol–water partition coefficient (Wildman–Crippen LogP) is 1.08. The van der Waals surface area contributed by atoms with Gasteiger partial charge in [0.25, 0.3) is 0 Å². The quantitative estimate of drug-likeness (QED) is 0.503. The van der Waals surface area contributed by atoms with E-state index in [0.717, 1.165) is 4.48 Å². The number of ether oxygens (including phenoxy) is 1. The Morgan fingerprint density at radius 3 is 2.33 bits per heavy atom. The largest absolute Gasteiger partial charge is 0.334 e. The molecule has 9 heavy (non-hydrogen) atoms. The van der Waals surface area contributed by atoms with Crippen molar-refractivity contribution in [1.82, 2.24) is 0 Å². The topological polar surface area (TPSA) is 9.23 Å². The predicted molar refractivity (Wildman–Crippen MR) is 36.3 cm³/mol. The fraction of sp³-hybridized carbons (Fsp3) is 0.429. The summed E-state index contributed by atoms with van der Waals surface area (Å²) in [4.78, 5) is 0. The third kappa shape index (κ3) is 1.40. The van der Waals surface area contributed by atoms with E-state index in [1.807, 2.05) is 12.2 Å². The molecule has 0 aliphatic carbocycles. The van der Waals surface area contributed by atoms with Gasteiger partial charge in [0, 0.05) is 7.11 Å². The standard InChI is InChI=1S/C7H12NO/c1-8(7-9-2)5-3-4-6-8/h3-6H,7H2,1-2H3/q+1. The lowest BCUT2D eigenvalue weighted by molar-refractivity contribution is -0.826. The van der Waals surface area contributed by atoms with Crippen molar-refractivity contribution in [2.24, 2.45) is 0 Å². The van der Waals surface area contributed by atoms with Crippen LogP contribution in [0.1, 0.15) is 0 Å². The van der Waals surface area contributed by atoms with Gasteiger partial charge in [0.15, 0.2) is 6.73 Å². The minimum atomic E-state index is 0.715. The maximum absolute atomic E-state index is 5.00. The highest BCUT2D eigenvalue weighted by molar-refractivity contribution is 5.02. The summed E-state index contributed by atoms with van der Waals surface area (Å²) in [6, 6.07) is 0. The molecule has 1 heterocycles. The van der Waals surface area contributed by atoms with Gasteiger partial charge in [-0.2, -0.15) is 0 Å². The van der Waals surface area contributed by atoms with Crippen LogP contribution in [-0.2, 0) is 4.74 Å². The molecule has 50 valence electrons. The summed E-state index contributed by atoms with van der Waals surface area (Å²) in [7, 11) is 3.80. The molecule has 0 aromatic rings. The monoisotopic (exact) mass is 126 g/mol. The second-order valence-corrected chi connectivity index (χ2v) is 2.45. The van der Waals surface area contributed by atoms with E-state index < -0.39 is 0 Å². The number of methoxy groups -OCH3 is 1. The molecule has 0 aromatic heterocycles. The van der Waals surface area contributed by atoms with Crippen LogP contribution in [0.15, 0.2) is 24.6 Å². The SMILES string of the molecule is COC[N+]1(C)C=CC=C1. The van der Waals surface area contributed by atoms with Crippen LogP contribution in [0.3, 0.4) is 0 Å². The number of hydrogen-bond donors (Lipinski definition) is 0. The highest BCUT2D eigenvalue weighted by Crippen LogP contribution is 2.10.